The van der Waals surface area contributed by atoms with Gasteiger partial charge in [-0.3, -0.25) is 0 Å². The number of benzene rings is 1. The van der Waals surface area contributed by atoms with Crippen LogP contribution in [0.25, 0.3) is 0 Å². The van der Waals surface area contributed by atoms with E-state index < -0.39 is 19.8 Å². The quantitative estimate of drug-likeness (QED) is 0.715. The summed E-state index contributed by atoms with van der Waals surface area (Å²) in [5.41, 5.74) is 0.680. The molecule has 0 saturated carbocycles. The summed E-state index contributed by atoms with van der Waals surface area (Å²) in [7, 11) is 0. The molecule has 21 heavy (non-hydrogen) atoms. The zero-order valence-corrected chi connectivity index (χ0v) is 15.1. The van der Waals surface area contributed by atoms with E-state index >= 15 is 0 Å². The normalized spacial score (nSPS) is 15.6. The van der Waals surface area contributed by atoms with Gasteiger partial charge >= 0.3 is 0 Å². The van der Waals surface area contributed by atoms with E-state index in [1.807, 2.05) is 6.07 Å². The lowest BCUT2D eigenvalue weighted by Gasteiger charge is -2.33. The van der Waals surface area contributed by atoms with E-state index in [9.17, 15) is 10.2 Å². The van der Waals surface area contributed by atoms with Crippen molar-refractivity contribution < 1.29 is 10.2 Å². The molecule has 1 aromatic carbocycles. The fourth-order valence-electron chi connectivity index (χ4n) is 1.55. The number of para-hydroxylation sites is 1. The molecule has 0 aliphatic carbocycles. The van der Waals surface area contributed by atoms with Crippen molar-refractivity contribution in [3.63, 3.8) is 0 Å². The molecule has 1 aromatic rings. The second-order valence-corrected chi connectivity index (χ2v) is 9.09. The van der Waals surface area contributed by atoms with Crippen LogP contribution in [0.2, 0.25) is 0 Å². The average molecular weight is 416 g/mol. The lowest BCUT2D eigenvalue weighted by Crippen LogP contribution is -2.45. The summed E-state index contributed by atoms with van der Waals surface area (Å²) in [6.45, 7) is -0.114. The number of hydrogen-bond donors (Lipinski definition) is 2. The first-order valence-electron chi connectivity index (χ1n) is 5.81. The van der Waals surface area contributed by atoms with Gasteiger partial charge in [0.2, 0.25) is 7.59 Å². The Labute approximate surface area is 153 Å². The summed E-state index contributed by atoms with van der Waals surface area (Å²) < 4.78 is -3.73. The smallest absolute Gasteiger partial charge is 0.217 e. The minimum atomic E-state index is -1.86. The summed E-state index contributed by atoms with van der Waals surface area (Å²) in [6, 6.07) is 8.91. The molecule has 0 spiro atoms. The molecule has 3 nitrogen and oxygen atoms in total. The van der Waals surface area contributed by atoms with E-state index in [2.05, 4.69) is 0 Å². The Bertz CT molecular complexity index is 412. The number of aliphatic hydroxyl groups excluding tert-OH is 2. The zero-order valence-electron chi connectivity index (χ0n) is 10.6. The van der Waals surface area contributed by atoms with E-state index in [0.717, 1.165) is 0 Å². The lowest BCUT2D eigenvalue weighted by molar-refractivity contribution is 0.162. The van der Waals surface area contributed by atoms with Crippen molar-refractivity contribution in [3.05, 3.63) is 30.3 Å². The van der Waals surface area contributed by atoms with Gasteiger partial charge in [-0.2, -0.15) is 0 Å². The summed E-state index contributed by atoms with van der Waals surface area (Å²) in [5, 5.41) is 19.8. The molecule has 0 radical (unpaired) electrons. The fraction of sp³-hybridized carbons (Fsp3) is 0.500. The van der Waals surface area contributed by atoms with Gasteiger partial charge in [0.05, 0.1) is 0 Å². The van der Waals surface area contributed by atoms with E-state index in [0.29, 0.717) is 5.69 Å². The highest BCUT2D eigenvalue weighted by Crippen LogP contribution is 2.34. The maximum absolute atomic E-state index is 9.92. The van der Waals surface area contributed by atoms with Crippen molar-refractivity contribution in [1.29, 1.82) is 0 Å². The monoisotopic (exact) mass is 413 g/mol. The number of halogens is 6. The maximum atomic E-state index is 9.92. The standard InChI is InChI=1S/C12H13Cl6NO2/c13-11(14,15)9(20)6-19(7-10(21)12(16,17)18)8-4-2-1-3-5-8/h1-5,9-10,20-21H,6-7H2. The van der Waals surface area contributed by atoms with Crippen LogP contribution in [-0.4, -0.2) is 43.1 Å². The van der Waals surface area contributed by atoms with Gasteiger partial charge in [0.1, 0.15) is 12.2 Å². The van der Waals surface area contributed by atoms with Crippen molar-refractivity contribution in [2.24, 2.45) is 0 Å². The van der Waals surface area contributed by atoms with Gasteiger partial charge in [-0.1, -0.05) is 87.8 Å². The number of alkyl halides is 6. The van der Waals surface area contributed by atoms with Gasteiger partial charge in [-0.25, -0.2) is 0 Å². The van der Waals surface area contributed by atoms with Gasteiger partial charge < -0.3 is 15.1 Å². The lowest BCUT2D eigenvalue weighted by atomic mass is 10.2. The molecular weight excluding hydrogens is 403 g/mol. The average Bonchev–Trinajstić information content (AvgIpc) is 2.36. The second-order valence-electron chi connectivity index (χ2n) is 4.36. The van der Waals surface area contributed by atoms with E-state index in [4.69, 9.17) is 69.6 Å². The number of rotatable bonds is 5. The van der Waals surface area contributed by atoms with Crippen LogP contribution in [0.3, 0.4) is 0 Å². The predicted octanol–water partition coefficient (Wildman–Crippen LogP) is 3.96. The molecule has 2 atom stereocenters. The number of anilines is 1. The Balaban J connectivity index is 2.91. The van der Waals surface area contributed by atoms with E-state index in [1.54, 1.807) is 29.2 Å². The molecule has 9 heteroatoms. The van der Waals surface area contributed by atoms with E-state index in [1.165, 1.54) is 0 Å². The topological polar surface area (TPSA) is 43.7 Å². The highest BCUT2D eigenvalue weighted by molar-refractivity contribution is 6.68. The molecular formula is C12H13Cl6NO2. The SMILES string of the molecule is OC(CN(CC(O)C(Cl)(Cl)Cl)c1ccccc1)C(Cl)(Cl)Cl. The molecule has 0 bridgehead atoms. The maximum Gasteiger partial charge on any atom is 0.217 e. The van der Waals surface area contributed by atoms with Crippen LogP contribution in [0, 0.1) is 0 Å². The molecule has 2 unspecified atom stereocenters. The first kappa shape index (κ1) is 19.7. The predicted molar refractivity (Wildman–Crippen MR) is 91.2 cm³/mol. The van der Waals surface area contributed by atoms with Gasteiger partial charge in [-0.05, 0) is 12.1 Å². The molecule has 0 heterocycles. The van der Waals surface area contributed by atoms with Gasteiger partial charge in [0.25, 0.3) is 0 Å². The Morgan fingerprint density at radius 2 is 1.19 bits per heavy atom. The Morgan fingerprint density at radius 3 is 1.52 bits per heavy atom. The summed E-state index contributed by atoms with van der Waals surface area (Å²) >= 11 is 33.9. The van der Waals surface area contributed by atoms with Crippen LogP contribution in [0.5, 0.6) is 0 Å². The third-order valence-corrected chi connectivity index (χ3v) is 4.18. The van der Waals surface area contributed by atoms with Crippen LogP contribution >= 0.6 is 69.6 Å². The molecule has 0 aliphatic heterocycles. The fourth-order valence-corrected chi connectivity index (χ4v) is 1.96. The molecule has 1 rings (SSSR count). The zero-order chi connectivity index (χ0) is 16.3. The third-order valence-electron chi connectivity index (χ3n) is 2.66. The van der Waals surface area contributed by atoms with Crippen molar-refractivity contribution in [2.75, 3.05) is 18.0 Å². The van der Waals surface area contributed by atoms with Crippen molar-refractivity contribution in [3.8, 4) is 0 Å². The molecule has 120 valence electrons. The highest BCUT2D eigenvalue weighted by atomic mass is 35.6. The van der Waals surface area contributed by atoms with Crippen molar-refractivity contribution >= 4 is 75.3 Å². The molecule has 0 amide bonds. The van der Waals surface area contributed by atoms with Crippen LogP contribution in [-0.2, 0) is 0 Å². The minimum absolute atomic E-state index is 0.0572. The largest absolute Gasteiger partial charge is 0.387 e. The molecule has 0 fully saturated rings. The van der Waals surface area contributed by atoms with Gasteiger partial charge in [0, 0.05) is 18.8 Å². The molecule has 0 aliphatic rings. The van der Waals surface area contributed by atoms with Crippen molar-refractivity contribution in [2.45, 2.75) is 19.8 Å². The van der Waals surface area contributed by atoms with Crippen LogP contribution in [0.4, 0.5) is 5.69 Å². The number of nitrogens with zero attached hydrogens (tertiary/aromatic N) is 1. The van der Waals surface area contributed by atoms with Crippen LogP contribution in [0.1, 0.15) is 0 Å². The summed E-state index contributed by atoms with van der Waals surface area (Å²) in [4.78, 5) is 1.57. The molecule has 2 N–H and O–H groups in total. The van der Waals surface area contributed by atoms with Gasteiger partial charge in [-0.15, -0.1) is 0 Å². The molecule has 0 saturated heterocycles. The summed E-state index contributed by atoms with van der Waals surface area (Å²) in [6.07, 6.45) is -2.57. The Kier molecular flexibility index (Phi) is 7.50. The van der Waals surface area contributed by atoms with E-state index in [-0.39, 0.29) is 13.1 Å². The van der Waals surface area contributed by atoms with Crippen LogP contribution < -0.4 is 4.90 Å². The highest BCUT2D eigenvalue weighted by Gasteiger charge is 2.36. The first-order valence-corrected chi connectivity index (χ1v) is 8.08. The van der Waals surface area contributed by atoms with Gasteiger partial charge in [0.15, 0.2) is 0 Å². The second kappa shape index (κ2) is 7.98. The Hall–Kier alpha value is 0.680. The van der Waals surface area contributed by atoms with Crippen molar-refractivity contribution in [1.82, 2.24) is 0 Å². The number of aliphatic hydroxyl groups is 2. The Morgan fingerprint density at radius 1 is 0.810 bits per heavy atom. The summed E-state index contributed by atoms with van der Waals surface area (Å²) in [5.74, 6) is 0. The minimum Gasteiger partial charge on any atom is -0.387 e. The third kappa shape index (κ3) is 6.76. The molecule has 0 aromatic heterocycles. The first-order chi connectivity index (χ1) is 9.51. The van der Waals surface area contributed by atoms with Crippen LogP contribution in [0.15, 0.2) is 30.3 Å². The number of hydrogen-bond acceptors (Lipinski definition) is 3.